The Hall–Kier alpha value is -1.92. The van der Waals surface area contributed by atoms with Gasteiger partial charge in [-0.2, -0.15) is 18.3 Å². The molecule has 2 aromatic heterocycles. The highest BCUT2D eigenvalue weighted by molar-refractivity contribution is 5.52. The number of nitrogens with zero attached hydrogens (tertiary/aromatic N) is 3. The molecule has 0 amide bonds. The van der Waals surface area contributed by atoms with Gasteiger partial charge in [-0.1, -0.05) is 0 Å². The van der Waals surface area contributed by atoms with Crippen molar-refractivity contribution in [2.75, 3.05) is 0 Å². The zero-order chi connectivity index (χ0) is 10.9. The average molecular weight is 214 g/mol. The maximum absolute atomic E-state index is 12.2. The molecule has 0 bridgehead atoms. The van der Waals surface area contributed by atoms with Crippen molar-refractivity contribution in [3.63, 3.8) is 0 Å². The van der Waals surface area contributed by atoms with Crippen LogP contribution < -0.4 is 0 Å². The van der Waals surface area contributed by atoms with E-state index in [9.17, 15) is 13.2 Å². The van der Waals surface area contributed by atoms with Gasteiger partial charge in [0.05, 0.1) is 6.20 Å². The van der Waals surface area contributed by atoms with Gasteiger partial charge in [0.25, 0.3) is 0 Å². The summed E-state index contributed by atoms with van der Waals surface area (Å²) in [5.74, 6) is 0. The second-order valence-electron chi connectivity index (χ2n) is 2.76. The Morgan fingerprint density at radius 1 is 1.13 bits per heavy atom. The van der Waals surface area contributed by atoms with Crippen molar-refractivity contribution in [1.82, 2.24) is 20.2 Å². The molecule has 0 fully saturated rings. The zero-order valence-electron chi connectivity index (χ0n) is 7.28. The summed E-state index contributed by atoms with van der Waals surface area (Å²) in [5, 5.41) is 5.41. The fraction of sp³-hybridized carbons (Fsp3) is 0.125. The number of alkyl halides is 3. The Labute approximate surface area is 82.2 Å². The minimum Gasteiger partial charge on any atom is -0.273 e. The Balaban J connectivity index is 2.37. The first-order valence-electron chi connectivity index (χ1n) is 3.96. The van der Waals surface area contributed by atoms with Gasteiger partial charge in [-0.25, -0.2) is 0 Å². The van der Waals surface area contributed by atoms with E-state index < -0.39 is 11.9 Å². The SMILES string of the molecule is FC(F)(F)c1cc(-c2cnccn2)n[nH]1. The molecule has 15 heavy (non-hydrogen) atoms. The second kappa shape index (κ2) is 3.34. The van der Waals surface area contributed by atoms with Crippen LogP contribution in [-0.4, -0.2) is 20.2 Å². The average Bonchev–Trinajstić information content (AvgIpc) is 2.67. The van der Waals surface area contributed by atoms with Gasteiger partial charge in [0.2, 0.25) is 0 Å². The quantitative estimate of drug-likeness (QED) is 0.788. The number of aromatic nitrogens is 4. The van der Waals surface area contributed by atoms with E-state index in [-0.39, 0.29) is 5.69 Å². The van der Waals surface area contributed by atoms with Gasteiger partial charge < -0.3 is 0 Å². The molecule has 1 N–H and O–H groups in total. The molecule has 0 saturated carbocycles. The molecule has 0 saturated heterocycles. The van der Waals surface area contributed by atoms with Gasteiger partial charge in [0.1, 0.15) is 17.1 Å². The predicted octanol–water partition coefficient (Wildman–Crippen LogP) is 1.89. The zero-order valence-corrected chi connectivity index (χ0v) is 7.28. The van der Waals surface area contributed by atoms with E-state index in [0.717, 1.165) is 6.07 Å². The topological polar surface area (TPSA) is 54.5 Å². The van der Waals surface area contributed by atoms with Crippen molar-refractivity contribution in [1.29, 1.82) is 0 Å². The Morgan fingerprint density at radius 2 is 1.93 bits per heavy atom. The fourth-order valence-corrected chi connectivity index (χ4v) is 1.03. The first-order chi connectivity index (χ1) is 7.07. The molecule has 0 unspecified atom stereocenters. The maximum atomic E-state index is 12.2. The van der Waals surface area contributed by atoms with E-state index in [0.29, 0.717) is 5.69 Å². The first kappa shape index (κ1) is 9.63. The van der Waals surface area contributed by atoms with Gasteiger partial charge in [-0.05, 0) is 6.07 Å². The number of rotatable bonds is 1. The number of hydrogen-bond donors (Lipinski definition) is 1. The van der Waals surface area contributed by atoms with Crippen LogP contribution in [0.2, 0.25) is 0 Å². The predicted molar refractivity (Wildman–Crippen MR) is 44.6 cm³/mol. The molecule has 2 aromatic rings. The molecule has 4 nitrogen and oxygen atoms in total. The number of hydrogen-bond acceptors (Lipinski definition) is 3. The molecule has 2 heterocycles. The van der Waals surface area contributed by atoms with E-state index in [1.54, 1.807) is 0 Å². The lowest BCUT2D eigenvalue weighted by Gasteiger charge is -1.99. The van der Waals surface area contributed by atoms with Crippen LogP contribution in [0.4, 0.5) is 13.2 Å². The van der Waals surface area contributed by atoms with Gasteiger partial charge in [0, 0.05) is 12.4 Å². The van der Waals surface area contributed by atoms with E-state index in [1.807, 2.05) is 5.10 Å². The minimum atomic E-state index is -4.42. The summed E-state index contributed by atoms with van der Waals surface area (Å²) in [6.45, 7) is 0. The summed E-state index contributed by atoms with van der Waals surface area (Å²) in [4.78, 5) is 7.57. The van der Waals surface area contributed by atoms with Crippen LogP contribution in [0.25, 0.3) is 11.4 Å². The lowest BCUT2D eigenvalue weighted by atomic mass is 10.3. The van der Waals surface area contributed by atoms with Crippen molar-refractivity contribution < 1.29 is 13.2 Å². The van der Waals surface area contributed by atoms with Crippen LogP contribution in [0, 0.1) is 0 Å². The number of nitrogens with one attached hydrogen (secondary N) is 1. The van der Waals surface area contributed by atoms with Gasteiger partial charge >= 0.3 is 6.18 Å². The number of halogens is 3. The van der Waals surface area contributed by atoms with Crippen LogP contribution in [0.3, 0.4) is 0 Å². The molecular formula is C8H5F3N4. The van der Waals surface area contributed by atoms with Crippen LogP contribution in [0.1, 0.15) is 5.69 Å². The monoisotopic (exact) mass is 214 g/mol. The third-order valence-electron chi connectivity index (χ3n) is 1.71. The smallest absolute Gasteiger partial charge is 0.273 e. The molecule has 0 aliphatic carbocycles. The first-order valence-corrected chi connectivity index (χ1v) is 3.96. The highest BCUT2D eigenvalue weighted by Gasteiger charge is 2.33. The summed E-state index contributed by atoms with van der Waals surface area (Å²) < 4.78 is 36.6. The molecule has 0 atom stereocenters. The molecule has 0 spiro atoms. The summed E-state index contributed by atoms with van der Waals surface area (Å²) in [5.41, 5.74) is -0.483. The molecule has 7 heteroatoms. The van der Waals surface area contributed by atoms with Crippen LogP contribution in [-0.2, 0) is 6.18 Å². The highest BCUT2D eigenvalue weighted by Crippen LogP contribution is 2.29. The largest absolute Gasteiger partial charge is 0.432 e. The number of aromatic amines is 1. The third-order valence-corrected chi connectivity index (χ3v) is 1.71. The van der Waals surface area contributed by atoms with Crippen molar-refractivity contribution in [3.8, 4) is 11.4 Å². The summed E-state index contributed by atoms with van der Waals surface area (Å²) >= 11 is 0. The van der Waals surface area contributed by atoms with E-state index in [2.05, 4.69) is 15.1 Å². The normalized spacial score (nSPS) is 11.7. The lowest BCUT2D eigenvalue weighted by molar-refractivity contribution is -0.141. The molecule has 0 aliphatic heterocycles. The van der Waals surface area contributed by atoms with Crippen molar-refractivity contribution in [3.05, 3.63) is 30.4 Å². The molecule has 0 aromatic carbocycles. The van der Waals surface area contributed by atoms with Crippen molar-refractivity contribution >= 4 is 0 Å². The minimum absolute atomic E-state index is 0.121. The third kappa shape index (κ3) is 1.95. The Morgan fingerprint density at radius 3 is 2.47 bits per heavy atom. The molecule has 0 aliphatic rings. The maximum Gasteiger partial charge on any atom is 0.432 e. The summed E-state index contributed by atoms with van der Waals surface area (Å²) in [6, 6.07) is 0.893. The Bertz CT molecular complexity index is 448. The lowest BCUT2D eigenvalue weighted by Crippen LogP contribution is -2.04. The molecular weight excluding hydrogens is 209 g/mol. The van der Waals surface area contributed by atoms with Gasteiger partial charge in [-0.3, -0.25) is 15.1 Å². The van der Waals surface area contributed by atoms with Gasteiger partial charge in [-0.15, -0.1) is 0 Å². The number of H-pyrrole nitrogens is 1. The van der Waals surface area contributed by atoms with Crippen LogP contribution in [0.15, 0.2) is 24.7 Å². The highest BCUT2D eigenvalue weighted by atomic mass is 19.4. The Kier molecular flexibility index (Phi) is 2.14. The second-order valence-corrected chi connectivity index (χ2v) is 2.76. The van der Waals surface area contributed by atoms with E-state index in [1.165, 1.54) is 18.6 Å². The van der Waals surface area contributed by atoms with Crippen molar-refractivity contribution in [2.45, 2.75) is 6.18 Å². The van der Waals surface area contributed by atoms with Crippen LogP contribution in [0.5, 0.6) is 0 Å². The summed E-state index contributed by atoms with van der Waals surface area (Å²) in [6.07, 6.45) is -0.262. The fourth-order valence-electron chi connectivity index (χ4n) is 1.03. The molecule has 0 radical (unpaired) electrons. The van der Waals surface area contributed by atoms with Crippen LogP contribution >= 0.6 is 0 Å². The van der Waals surface area contributed by atoms with E-state index in [4.69, 9.17) is 0 Å². The standard InChI is InChI=1S/C8H5F3N4/c9-8(10,11)7-3-5(14-15-7)6-4-12-1-2-13-6/h1-4H,(H,14,15). The summed E-state index contributed by atoms with van der Waals surface area (Å²) in [7, 11) is 0. The van der Waals surface area contributed by atoms with Crippen molar-refractivity contribution in [2.24, 2.45) is 0 Å². The molecule has 2 rings (SSSR count). The molecule has 78 valence electrons. The van der Waals surface area contributed by atoms with E-state index >= 15 is 0 Å². The van der Waals surface area contributed by atoms with Gasteiger partial charge in [0.15, 0.2) is 0 Å².